The number of halogens is 5. The molecule has 1 aromatic heterocycles. The highest BCUT2D eigenvalue weighted by Gasteiger charge is 2.32. The number of pyridine rings is 1. The van der Waals surface area contributed by atoms with E-state index in [9.17, 15) is 13.2 Å². The minimum atomic E-state index is -4.91. The SMILES string of the molecule is N#Cc1nc(Cl)c(Cl)cc1OC(F)(F)F. The molecule has 0 unspecified atom stereocenters. The Bertz CT molecular complexity index is 427. The van der Waals surface area contributed by atoms with Crippen molar-refractivity contribution in [3.63, 3.8) is 0 Å². The fourth-order valence-corrected chi connectivity index (χ4v) is 1.01. The average Bonchev–Trinajstić information content (AvgIpc) is 2.08. The molecule has 0 atom stereocenters. The third-order valence-corrected chi connectivity index (χ3v) is 1.90. The van der Waals surface area contributed by atoms with Crippen LogP contribution in [0.1, 0.15) is 5.69 Å². The molecule has 0 N–H and O–H groups in total. The Hall–Kier alpha value is -1.19. The summed E-state index contributed by atoms with van der Waals surface area (Å²) < 4.78 is 39.1. The van der Waals surface area contributed by atoms with Crippen LogP contribution in [0.2, 0.25) is 10.2 Å². The Labute approximate surface area is 92.0 Å². The van der Waals surface area contributed by atoms with Crippen molar-refractivity contribution in [1.29, 1.82) is 5.26 Å². The molecular formula is C7HCl2F3N2O. The predicted octanol–water partition coefficient (Wildman–Crippen LogP) is 3.16. The highest BCUT2D eigenvalue weighted by atomic mass is 35.5. The largest absolute Gasteiger partial charge is 0.573 e. The maximum absolute atomic E-state index is 11.9. The molecule has 8 heteroatoms. The summed E-state index contributed by atoms with van der Waals surface area (Å²) in [5.74, 6) is -0.778. The van der Waals surface area contributed by atoms with Gasteiger partial charge in [-0.1, -0.05) is 23.2 Å². The van der Waals surface area contributed by atoms with Gasteiger partial charge in [-0.3, -0.25) is 0 Å². The molecule has 0 aromatic carbocycles. The number of nitrogens with zero attached hydrogens (tertiary/aromatic N) is 2. The van der Waals surface area contributed by atoms with Crippen LogP contribution in [0.5, 0.6) is 5.75 Å². The van der Waals surface area contributed by atoms with Crippen LogP contribution in [-0.4, -0.2) is 11.3 Å². The van der Waals surface area contributed by atoms with E-state index in [1.807, 2.05) is 0 Å². The van der Waals surface area contributed by atoms with Crippen LogP contribution in [0.25, 0.3) is 0 Å². The summed E-state index contributed by atoms with van der Waals surface area (Å²) in [4.78, 5) is 3.32. The molecule has 0 spiro atoms. The van der Waals surface area contributed by atoms with E-state index >= 15 is 0 Å². The first-order valence-electron chi connectivity index (χ1n) is 3.35. The van der Waals surface area contributed by atoms with Crippen molar-refractivity contribution in [3.05, 3.63) is 21.9 Å². The zero-order valence-electron chi connectivity index (χ0n) is 6.77. The van der Waals surface area contributed by atoms with Crippen molar-refractivity contribution in [2.45, 2.75) is 6.36 Å². The molecule has 0 aliphatic carbocycles. The second-order valence-corrected chi connectivity index (χ2v) is 3.03. The maximum Gasteiger partial charge on any atom is 0.573 e. The summed E-state index contributed by atoms with van der Waals surface area (Å²) in [6, 6.07) is 2.19. The third-order valence-electron chi connectivity index (χ3n) is 1.23. The molecule has 0 fully saturated rings. The van der Waals surface area contributed by atoms with Gasteiger partial charge >= 0.3 is 6.36 Å². The van der Waals surface area contributed by atoms with E-state index in [0.29, 0.717) is 0 Å². The van der Waals surface area contributed by atoms with E-state index in [2.05, 4.69) is 9.72 Å². The number of hydrogen-bond acceptors (Lipinski definition) is 3. The zero-order valence-corrected chi connectivity index (χ0v) is 8.28. The lowest BCUT2D eigenvalue weighted by atomic mass is 10.3. The second kappa shape index (κ2) is 4.13. The molecule has 0 aliphatic rings. The fourth-order valence-electron chi connectivity index (χ4n) is 0.732. The first-order valence-corrected chi connectivity index (χ1v) is 4.11. The topological polar surface area (TPSA) is 45.9 Å². The van der Waals surface area contributed by atoms with E-state index in [0.717, 1.165) is 6.07 Å². The van der Waals surface area contributed by atoms with Crippen molar-refractivity contribution >= 4 is 23.2 Å². The van der Waals surface area contributed by atoms with Gasteiger partial charge in [0.25, 0.3) is 0 Å². The highest BCUT2D eigenvalue weighted by molar-refractivity contribution is 6.41. The van der Waals surface area contributed by atoms with Gasteiger partial charge in [0.1, 0.15) is 11.2 Å². The summed E-state index contributed by atoms with van der Waals surface area (Å²) in [6.07, 6.45) is -4.91. The molecule has 0 bridgehead atoms. The second-order valence-electron chi connectivity index (χ2n) is 2.27. The van der Waals surface area contributed by atoms with Gasteiger partial charge in [-0.05, 0) is 0 Å². The average molecular weight is 257 g/mol. The van der Waals surface area contributed by atoms with E-state index in [1.54, 1.807) is 0 Å². The van der Waals surface area contributed by atoms with Gasteiger partial charge in [-0.25, -0.2) is 4.98 Å². The minimum Gasteiger partial charge on any atom is -0.403 e. The smallest absolute Gasteiger partial charge is 0.403 e. The molecule has 1 heterocycles. The Morgan fingerprint density at radius 1 is 1.40 bits per heavy atom. The quantitative estimate of drug-likeness (QED) is 0.726. The Kier molecular flexibility index (Phi) is 3.27. The van der Waals surface area contributed by atoms with Crippen LogP contribution in [0.3, 0.4) is 0 Å². The molecule has 1 rings (SSSR count). The van der Waals surface area contributed by atoms with Gasteiger partial charge < -0.3 is 4.74 Å². The summed E-state index contributed by atoms with van der Waals surface area (Å²) >= 11 is 10.8. The maximum atomic E-state index is 11.9. The van der Waals surface area contributed by atoms with Crippen molar-refractivity contribution in [1.82, 2.24) is 4.98 Å². The predicted molar refractivity (Wildman–Crippen MR) is 45.7 cm³/mol. The molecule has 0 saturated heterocycles. The van der Waals surface area contributed by atoms with Crippen molar-refractivity contribution < 1.29 is 17.9 Å². The van der Waals surface area contributed by atoms with Crippen LogP contribution >= 0.6 is 23.2 Å². The van der Waals surface area contributed by atoms with Gasteiger partial charge in [-0.15, -0.1) is 13.2 Å². The fraction of sp³-hybridized carbons (Fsp3) is 0.143. The molecule has 0 amide bonds. The van der Waals surface area contributed by atoms with E-state index < -0.39 is 17.8 Å². The number of aromatic nitrogens is 1. The molecule has 80 valence electrons. The van der Waals surface area contributed by atoms with E-state index in [-0.39, 0.29) is 10.2 Å². The molecule has 15 heavy (non-hydrogen) atoms. The van der Waals surface area contributed by atoms with Crippen LogP contribution in [0.4, 0.5) is 13.2 Å². The molecule has 1 aromatic rings. The number of ether oxygens (including phenoxy) is 1. The Balaban J connectivity index is 3.18. The van der Waals surface area contributed by atoms with Gasteiger partial charge in [0.15, 0.2) is 11.4 Å². The van der Waals surface area contributed by atoms with Crippen LogP contribution < -0.4 is 4.74 Å². The first kappa shape index (κ1) is 11.9. The summed E-state index contributed by atoms with van der Waals surface area (Å²) in [5.41, 5.74) is -0.582. The lowest BCUT2D eigenvalue weighted by Gasteiger charge is -2.10. The van der Waals surface area contributed by atoms with Gasteiger partial charge in [0, 0.05) is 6.07 Å². The third kappa shape index (κ3) is 3.15. The highest BCUT2D eigenvalue weighted by Crippen LogP contribution is 2.30. The molecule has 0 aliphatic heterocycles. The normalized spacial score (nSPS) is 10.9. The lowest BCUT2D eigenvalue weighted by Crippen LogP contribution is -2.18. The van der Waals surface area contributed by atoms with Gasteiger partial charge in [0.05, 0.1) is 5.02 Å². The lowest BCUT2D eigenvalue weighted by molar-refractivity contribution is -0.274. The van der Waals surface area contributed by atoms with Crippen molar-refractivity contribution in [3.8, 4) is 11.8 Å². The number of hydrogen-bond donors (Lipinski definition) is 0. The van der Waals surface area contributed by atoms with Crippen molar-refractivity contribution in [2.75, 3.05) is 0 Å². The van der Waals surface area contributed by atoms with Crippen molar-refractivity contribution in [2.24, 2.45) is 0 Å². The Morgan fingerprint density at radius 3 is 2.47 bits per heavy atom. The first-order chi connectivity index (χ1) is 6.83. The van der Waals surface area contributed by atoms with Crippen LogP contribution in [-0.2, 0) is 0 Å². The van der Waals surface area contributed by atoms with Crippen LogP contribution in [0, 0.1) is 11.3 Å². The monoisotopic (exact) mass is 256 g/mol. The van der Waals surface area contributed by atoms with Gasteiger partial charge in [-0.2, -0.15) is 5.26 Å². The van der Waals surface area contributed by atoms with Gasteiger partial charge in [0.2, 0.25) is 0 Å². The number of nitriles is 1. The Morgan fingerprint density at radius 2 is 2.00 bits per heavy atom. The van der Waals surface area contributed by atoms with Crippen LogP contribution in [0.15, 0.2) is 6.07 Å². The number of rotatable bonds is 1. The summed E-state index contributed by atoms with van der Waals surface area (Å²) in [7, 11) is 0. The molecule has 3 nitrogen and oxygen atoms in total. The zero-order chi connectivity index (χ0) is 11.6. The molecule has 0 radical (unpaired) electrons. The molecule has 0 saturated carbocycles. The standard InChI is InChI=1S/C7HCl2F3N2O/c8-3-1-5(15-7(10,11)12)4(2-13)14-6(3)9/h1H. The minimum absolute atomic E-state index is 0.227. The number of alkyl halides is 3. The summed E-state index contributed by atoms with van der Waals surface area (Å²) in [6.45, 7) is 0. The molecular weight excluding hydrogens is 256 g/mol. The van der Waals surface area contributed by atoms with E-state index in [1.165, 1.54) is 6.07 Å². The summed E-state index contributed by atoms with van der Waals surface area (Å²) in [5, 5.41) is 7.98. The van der Waals surface area contributed by atoms with E-state index in [4.69, 9.17) is 28.5 Å².